The van der Waals surface area contributed by atoms with Gasteiger partial charge in [0.15, 0.2) is 18.1 Å². The van der Waals surface area contributed by atoms with Gasteiger partial charge in [-0.1, -0.05) is 11.6 Å². The summed E-state index contributed by atoms with van der Waals surface area (Å²) < 4.78 is 20.8. The Hall–Kier alpha value is -2.93. The molecule has 0 heterocycles. The number of amides is 1. The van der Waals surface area contributed by atoms with Crippen molar-refractivity contribution in [3.8, 4) is 17.2 Å². The van der Waals surface area contributed by atoms with Gasteiger partial charge in [-0.25, -0.2) is 0 Å². The van der Waals surface area contributed by atoms with E-state index in [0.29, 0.717) is 33.5 Å². The second-order valence-electron chi connectivity index (χ2n) is 5.88. The van der Waals surface area contributed by atoms with Gasteiger partial charge in [-0.3, -0.25) is 9.59 Å². The van der Waals surface area contributed by atoms with Crippen molar-refractivity contribution >= 4 is 29.2 Å². The van der Waals surface area contributed by atoms with Crippen LogP contribution in [0.2, 0.25) is 5.02 Å². The third-order valence-corrected chi connectivity index (χ3v) is 4.13. The van der Waals surface area contributed by atoms with Crippen LogP contribution < -0.4 is 19.5 Å². The molecule has 1 N–H and O–H groups in total. The van der Waals surface area contributed by atoms with Crippen LogP contribution in [-0.2, 0) is 20.7 Å². The molecule has 7 nitrogen and oxygen atoms in total. The zero-order chi connectivity index (χ0) is 20.7. The highest BCUT2D eigenvalue weighted by atomic mass is 35.5. The van der Waals surface area contributed by atoms with Gasteiger partial charge in [-0.15, -0.1) is 0 Å². The highest BCUT2D eigenvalue weighted by Gasteiger charge is 2.16. The van der Waals surface area contributed by atoms with Gasteiger partial charge in [0.2, 0.25) is 5.75 Å². The summed E-state index contributed by atoms with van der Waals surface area (Å²) in [6, 6.07) is 8.39. The molecule has 0 saturated heterocycles. The summed E-state index contributed by atoms with van der Waals surface area (Å²) >= 11 is 5.89. The molecule has 28 heavy (non-hydrogen) atoms. The third kappa shape index (κ3) is 5.53. The molecule has 0 bridgehead atoms. The fourth-order valence-electron chi connectivity index (χ4n) is 2.55. The molecule has 0 aliphatic heterocycles. The lowest BCUT2D eigenvalue weighted by atomic mass is 10.1. The number of hydrogen-bond donors (Lipinski definition) is 1. The van der Waals surface area contributed by atoms with Crippen molar-refractivity contribution in [3.63, 3.8) is 0 Å². The summed E-state index contributed by atoms with van der Waals surface area (Å²) in [6.45, 7) is 1.42. The largest absolute Gasteiger partial charge is 0.493 e. The fraction of sp³-hybridized carbons (Fsp3) is 0.300. The van der Waals surface area contributed by atoms with E-state index in [1.54, 1.807) is 30.3 Å². The predicted octanol–water partition coefficient (Wildman–Crippen LogP) is 3.40. The predicted molar refractivity (Wildman–Crippen MR) is 106 cm³/mol. The van der Waals surface area contributed by atoms with Crippen LogP contribution in [0.5, 0.6) is 17.2 Å². The van der Waals surface area contributed by atoms with Crippen LogP contribution in [0.15, 0.2) is 30.3 Å². The van der Waals surface area contributed by atoms with Gasteiger partial charge in [-0.2, -0.15) is 0 Å². The number of halogens is 1. The quantitative estimate of drug-likeness (QED) is 0.675. The highest BCUT2D eigenvalue weighted by Crippen LogP contribution is 2.38. The number of carbonyl (C=O) groups is 2. The van der Waals surface area contributed by atoms with Crippen molar-refractivity contribution in [1.82, 2.24) is 0 Å². The summed E-state index contributed by atoms with van der Waals surface area (Å²) in [5, 5.41) is 3.25. The van der Waals surface area contributed by atoms with Gasteiger partial charge in [0.05, 0.1) is 27.8 Å². The first kappa shape index (κ1) is 21.4. The molecule has 0 aliphatic rings. The number of ether oxygens (including phenoxy) is 4. The second kappa shape index (κ2) is 9.85. The molecule has 1 amide bonds. The fourth-order valence-corrected chi connectivity index (χ4v) is 2.78. The van der Waals surface area contributed by atoms with E-state index in [1.165, 1.54) is 21.3 Å². The van der Waals surface area contributed by atoms with Crippen LogP contribution in [0.1, 0.15) is 11.1 Å². The Labute approximate surface area is 168 Å². The van der Waals surface area contributed by atoms with Crippen LogP contribution in [0.4, 0.5) is 5.69 Å². The number of rotatable bonds is 8. The van der Waals surface area contributed by atoms with Crippen molar-refractivity contribution in [2.75, 3.05) is 33.3 Å². The maximum Gasteiger partial charge on any atom is 0.310 e. The topological polar surface area (TPSA) is 83.1 Å². The minimum Gasteiger partial charge on any atom is -0.493 e. The van der Waals surface area contributed by atoms with E-state index < -0.39 is 18.5 Å². The van der Waals surface area contributed by atoms with Crippen molar-refractivity contribution in [2.45, 2.75) is 13.3 Å². The molecule has 0 spiro atoms. The minimum absolute atomic E-state index is 0.0516. The Morgan fingerprint density at radius 3 is 2.18 bits per heavy atom. The molecule has 150 valence electrons. The number of benzene rings is 2. The van der Waals surface area contributed by atoms with Crippen molar-refractivity contribution < 1.29 is 28.5 Å². The molecule has 0 fully saturated rings. The molecule has 0 aromatic heterocycles. The summed E-state index contributed by atoms with van der Waals surface area (Å²) in [4.78, 5) is 24.1. The number of methoxy groups -OCH3 is 3. The molecule has 8 heteroatoms. The standard InChI is InChI=1S/C20H22ClNO6/c1-12-7-14(21)5-6-15(12)22-18(23)11-28-19(24)10-13-8-16(25-2)20(27-4)17(9-13)26-3/h5-9H,10-11H2,1-4H3,(H,22,23). The monoisotopic (exact) mass is 407 g/mol. The molecule has 0 unspecified atom stereocenters. The van der Waals surface area contributed by atoms with E-state index in [4.69, 9.17) is 30.5 Å². The van der Waals surface area contributed by atoms with E-state index >= 15 is 0 Å². The molecule has 0 radical (unpaired) electrons. The first-order chi connectivity index (χ1) is 13.4. The summed E-state index contributed by atoms with van der Waals surface area (Å²) in [5.41, 5.74) is 2.02. The van der Waals surface area contributed by atoms with Gasteiger partial charge >= 0.3 is 5.97 Å². The average molecular weight is 408 g/mol. The van der Waals surface area contributed by atoms with Crippen LogP contribution in [0.3, 0.4) is 0 Å². The number of anilines is 1. The maximum absolute atomic E-state index is 12.1. The van der Waals surface area contributed by atoms with Gasteiger partial charge in [0.25, 0.3) is 5.91 Å². The van der Waals surface area contributed by atoms with Gasteiger partial charge in [0.1, 0.15) is 0 Å². The molecule has 0 atom stereocenters. The molecule has 2 aromatic rings. The lowest BCUT2D eigenvalue weighted by molar-refractivity contribution is -0.146. The number of aryl methyl sites for hydroxylation is 1. The van der Waals surface area contributed by atoms with Crippen molar-refractivity contribution in [1.29, 1.82) is 0 Å². The van der Waals surface area contributed by atoms with Gasteiger partial charge in [0, 0.05) is 10.7 Å². The van der Waals surface area contributed by atoms with E-state index in [0.717, 1.165) is 5.56 Å². The Morgan fingerprint density at radius 2 is 1.64 bits per heavy atom. The second-order valence-corrected chi connectivity index (χ2v) is 6.31. The van der Waals surface area contributed by atoms with Crippen molar-refractivity contribution in [2.24, 2.45) is 0 Å². The molecule has 2 aromatic carbocycles. The Kier molecular flexibility index (Phi) is 7.52. The summed E-state index contributed by atoms with van der Waals surface area (Å²) in [5.74, 6) is 0.293. The Balaban J connectivity index is 1.96. The normalized spacial score (nSPS) is 10.2. The molecular weight excluding hydrogens is 386 g/mol. The van der Waals surface area contributed by atoms with Crippen LogP contribution in [-0.4, -0.2) is 39.8 Å². The number of carbonyl (C=O) groups excluding carboxylic acids is 2. The van der Waals surface area contributed by atoms with E-state index in [1.807, 2.05) is 6.92 Å². The smallest absolute Gasteiger partial charge is 0.310 e. The van der Waals surface area contributed by atoms with Crippen LogP contribution in [0.25, 0.3) is 0 Å². The van der Waals surface area contributed by atoms with Gasteiger partial charge in [-0.05, 0) is 48.4 Å². The zero-order valence-corrected chi connectivity index (χ0v) is 16.9. The molecule has 0 aliphatic carbocycles. The van der Waals surface area contributed by atoms with E-state index in [-0.39, 0.29) is 6.42 Å². The third-order valence-electron chi connectivity index (χ3n) is 3.90. The lowest BCUT2D eigenvalue weighted by Gasteiger charge is -2.14. The average Bonchev–Trinajstić information content (AvgIpc) is 2.67. The van der Waals surface area contributed by atoms with Crippen LogP contribution >= 0.6 is 11.6 Å². The van der Waals surface area contributed by atoms with E-state index in [9.17, 15) is 9.59 Å². The van der Waals surface area contributed by atoms with E-state index in [2.05, 4.69) is 5.32 Å². The minimum atomic E-state index is -0.558. The van der Waals surface area contributed by atoms with Crippen molar-refractivity contribution in [3.05, 3.63) is 46.5 Å². The Bertz CT molecular complexity index is 843. The lowest BCUT2D eigenvalue weighted by Crippen LogP contribution is -2.22. The Morgan fingerprint density at radius 1 is 1.00 bits per heavy atom. The highest BCUT2D eigenvalue weighted by molar-refractivity contribution is 6.30. The molecule has 2 rings (SSSR count). The number of hydrogen-bond acceptors (Lipinski definition) is 6. The molecular formula is C20H22ClNO6. The van der Waals surface area contributed by atoms with Gasteiger partial charge < -0.3 is 24.3 Å². The zero-order valence-electron chi connectivity index (χ0n) is 16.1. The number of nitrogens with one attached hydrogen (secondary N) is 1. The number of esters is 1. The molecule has 0 saturated carbocycles. The first-order valence-corrected chi connectivity index (χ1v) is 8.76. The van der Waals surface area contributed by atoms with Crippen LogP contribution in [0, 0.1) is 6.92 Å². The maximum atomic E-state index is 12.1. The first-order valence-electron chi connectivity index (χ1n) is 8.38. The summed E-state index contributed by atoms with van der Waals surface area (Å²) in [7, 11) is 4.47. The SMILES string of the molecule is COc1cc(CC(=O)OCC(=O)Nc2ccc(Cl)cc2C)cc(OC)c1OC. The summed E-state index contributed by atoms with van der Waals surface area (Å²) in [6.07, 6.45) is -0.0516.